The van der Waals surface area contributed by atoms with Crippen LogP contribution in [-0.4, -0.2) is 18.4 Å². The molecule has 0 N–H and O–H groups in total. The molecule has 2 aromatic rings. The molecule has 0 aromatic heterocycles. The van der Waals surface area contributed by atoms with Crippen LogP contribution >= 0.6 is 0 Å². The number of benzene rings is 2. The predicted octanol–water partition coefficient (Wildman–Crippen LogP) is 5.06. The minimum atomic E-state index is -0.795. The number of carbonyl (C=O) groups excluding carboxylic acids is 1. The largest absolute Gasteiger partial charge is 0.432 e. The average Bonchev–Trinajstić information content (AvgIpc) is 3.18. The monoisotopic (exact) mass is 350 g/mol. The second kappa shape index (κ2) is 6.88. The Morgan fingerprint density at radius 1 is 1.00 bits per heavy atom. The van der Waals surface area contributed by atoms with E-state index in [0.29, 0.717) is 13.0 Å². The molecule has 2 aliphatic rings. The smallest absolute Gasteiger partial charge is 0.308 e. The van der Waals surface area contributed by atoms with Crippen molar-refractivity contribution in [2.45, 2.75) is 50.7 Å². The summed E-state index contributed by atoms with van der Waals surface area (Å²) < 4.78 is 12.3. The number of ether oxygens (including phenoxy) is 2. The molecule has 2 aromatic carbocycles. The Labute approximate surface area is 155 Å². The van der Waals surface area contributed by atoms with E-state index in [1.54, 1.807) is 0 Å². The molecule has 1 aliphatic carbocycles. The van der Waals surface area contributed by atoms with Crippen LogP contribution in [0.5, 0.6) is 0 Å². The maximum absolute atomic E-state index is 12.2. The minimum Gasteiger partial charge on any atom is -0.432 e. The summed E-state index contributed by atoms with van der Waals surface area (Å²) in [6.45, 7) is 2.49. The first-order valence-electron chi connectivity index (χ1n) is 9.66. The number of esters is 1. The van der Waals surface area contributed by atoms with Crippen LogP contribution in [0.25, 0.3) is 0 Å². The number of hydrogen-bond donors (Lipinski definition) is 0. The zero-order valence-electron chi connectivity index (χ0n) is 15.3. The predicted molar refractivity (Wildman–Crippen MR) is 101 cm³/mol. The lowest BCUT2D eigenvalue weighted by Gasteiger charge is -2.44. The highest BCUT2D eigenvalue weighted by atomic mass is 16.7. The summed E-state index contributed by atoms with van der Waals surface area (Å²) in [4.78, 5) is 12.2. The normalized spacial score (nSPS) is 27.5. The standard InChI is InChI=1S/C23H26O3/c1-2-20(24)26-23-15-9-14-22(23,16-17-25-23)21(18-10-5-3-6-11-18)19-12-7-4-8-13-19/h3-8,10-13,21H,2,9,14-17H2,1H3. The van der Waals surface area contributed by atoms with E-state index in [9.17, 15) is 4.79 Å². The van der Waals surface area contributed by atoms with Crippen LogP contribution in [0.2, 0.25) is 0 Å². The fourth-order valence-electron chi connectivity index (χ4n) is 5.07. The molecule has 0 radical (unpaired) electrons. The molecule has 0 bridgehead atoms. The second-order valence-corrected chi connectivity index (χ2v) is 7.44. The van der Waals surface area contributed by atoms with Crippen LogP contribution in [0, 0.1) is 5.41 Å². The van der Waals surface area contributed by atoms with Crippen LogP contribution in [-0.2, 0) is 14.3 Å². The Hall–Kier alpha value is -2.13. The second-order valence-electron chi connectivity index (χ2n) is 7.44. The van der Waals surface area contributed by atoms with Crippen molar-refractivity contribution in [1.29, 1.82) is 0 Å². The fraction of sp³-hybridized carbons (Fsp3) is 0.435. The first-order chi connectivity index (χ1) is 12.7. The van der Waals surface area contributed by atoms with Crippen LogP contribution in [0.3, 0.4) is 0 Å². The molecule has 3 nitrogen and oxygen atoms in total. The molecule has 1 saturated heterocycles. The quantitative estimate of drug-likeness (QED) is 0.707. The van der Waals surface area contributed by atoms with Crippen molar-refractivity contribution < 1.29 is 14.3 Å². The lowest BCUT2D eigenvalue weighted by atomic mass is 9.64. The van der Waals surface area contributed by atoms with Gasteiger partial charge >= 0.3 is 5.97 Å². The number of hydrogen-bond acceptors (Lipinski definition) is 3. The van der Waals surface area contributed by atoms with Crippen LogP contribution in [0.1, 0.15) is 56.1 Å². The summed E-state index contributed by atoms with van der Waals surface area (Å²) in [5.74, 6) is -0.811. The van der Waals surface area contributed by atoms with E-state index in [4.69, 9.17) is 9.47 Å². The fourth-order valence-corrected chi connectivity index (χ4v) is 5.07. The molecule has 136 valence electrons. The van der Waals surface area contributed by atoms with Crippen LogP contribution < -0.4 is 0 Å². The van der Waals surface area contributed by atoms with E-state index in [1.165, 1.54) is 11.1 Å². The molecule has 2 atom stereocenters. The van der Waals surface area contributed by atoms with Gasteiger partial charge < -0.3 is 9.47 Å². The molecular formula is C23H26O3. The minimum absolute atomic E-state index is 0.152. The van der Waals surface area contributed by atoms with Crippen LogP contribution in [0.15, 0.2) is 60.7 Å². The zero-order chi connectivity index (χ0) is 18.0. The van der Waals surface area contributed by atoms with Gasteiger partial charge in [0.1, 0.15) is 0 Å². The van der Waals surface area contributed by atoms with Gasteiger partial charge in [0, 0.05) is 24.2 Å². The summed E-state index contributed by atoms with van der Waals surface area (Å²) >= 11 is 0. The highest BCUT2D eigenvalue weighted by Crippen LogP contribution is 2.64. The van der Waals surface area contributed by atoms with E-state index >= 15 is 0 Å². The maximum atomic E-state index is 12.2. The van der Waals surface area contributed by atoms with Gasteiger partial charge in [-0.15, -0.1) is 0 Å². The number of rotatable bonds is 5. The molecule has 2 fully saturated rings. The van der Waals surface area contributed by atoms with Gasteiger partial charge in [0.25, 0.3) is 0 Å². The lowest BCUT2D eigenvalue weighted by molar-refractivity contribution is -0.242. The summed E-state index contributed by atoms with van der Waals surface area (Å²) in [7, 11) is 0. The topological polar surface area (TPSA) is 35.5 Å². The Balaban J connectivity index is 1.85. The van der Waals surface area contributed by atoms with E-state index < -0.39 is 5.79 Å². The summed E-state index contributed by atoms with van der Waals surface area (Å²) in [5.41, 5.74) is 2.33. The summed E-state index contributed by atoms with van der Waals surface area (Å²) in [5, 5.41) is 0. The van der Waals surface area contributed by atoms with Gasteiger partial charge in [-0.1, -0.05) is 67.6 Å². The SMILES string of the molecule is CCC(=O)OC12CCCC1(C(c1ccccc1)c1ccccc1)CCO2. The van der Waals surface area contributed by atoms with E-state index in [0.717, 1.165) is 25.7 Å². The van der Waals surface area contributed by atoms with Crippen molar-refractivity contribution >= 4 is 5.97 Å². The number of carbonyl (C=O) groups is 1. The molecule has 0 amide bonds. The summed E-state index contributed by atoms with van der Waals surface area (Å²) in [6.07, 6.45) is 4.11. The molecule has 3 heteroatoms. The third kappa shape index (κ3) is 2.66. The zero-order valence-corrected chi connectivity index (χ0v) is 15.3. The van der Waals surface area contributed by atoms with Gasteiger partial charge in [-0.2, -0.15) is 0 Å². The molecule has 4 rings (SSSR count). The average molecular weight is 350 g/mol. The molecule has 1 aliphatic heterocycles. The van der Waals surface area contributed by atoms with Gasteiger partial charge in [0.05, 0.1) is 6.61 Å². The lowest BCUT2D eigenvalue weighted by Crippen LogP contribution is -2.48. The third-order valence-electron chi connectivity index (χ3n) is 6.16. The van der Waals surface area contributed by atoms with Crippen molar-refractivity contribution in [2.24, 2.45) is 5.41 Å². The maximum Gasteiger partial charge on any atom is 0.308 e. The van der Waals surface area contributed by atoms with Crippen molar-refractivity contribution in [3.63, 3.8) is 0 Å². The van der Waals surface area contributed by atoms with E-state index in [2.05, 4.69) is 48.5 Å². The Kier molecular flexibility index (Phi) is 4.58. The van der Waals surface area contributed by atoms with Crippen molar-refractivity contribution in [3.8, 4) is 0 Å². The first-order valence-corrected chi connectivity index (χ1v) is 9.66. The van der Waals surface area contributed by atoms with Gasteiger partial charge in [-0.3, -0.25) is 4.79 Å². The molecule has 26 heavy (non-hydrogen) atoms. The van der Waals surface area contributed by atoms with Gasteiger partial charge in [0.15, 0.2) is 0 Å². The molecule has 1 saturated carbocycles. The molecule has 0 spiro atoms. The highest BCUT2D eigenvalue weighted by Gasteiger charge is 2.65. The highest BCUT2D eigenvalue weighted by molar-refractivity contribution is 5.69. The first kappa shape index (κ1) is 17.3. The number of fused-ring (bicyclic) bond motifs is 1. The van der Waals surface area contributed by atoms with Crippen molar-refractivity contribution in [1.82, 2.24) is 0 Å². The molecule has 2 unspecified atom stereocenters. The Morgan fingerprint density at radius 2 is 1.62 bits per heavy atom. The van der Waals surface area contributed by atoms with Gasteiger partial charge in [-0.25, -0.2) is 0 Å². The van der Waals surface area contributed by atoms with Gasteiger partial charge in [-0.05, 0) is 30.4 Å². The third-order valence-corrected chi connectivity index (χ3v) is 6.16. The van der Waals surface area contributed by atoms with Crippen LogP contribution in [0.4, 0.5) is 0 Å². The Morgan fingerprint density at radius 3 is 2.19 bits per heavy atom. The van der Waals surface area contributed by atoms with Crippen molar-refractivity contribution in [2.75, 3.05) is 6.61 Å². The van der Waals surface area contributed by atoms with Gasteiger partial charge in [0.2, 0.25) is 5.79 Å². The van der Waals surface area contributed by atoms with E-state index in [-0.39, 0.29) is 17.3 Å². The van der Waals surface area contributed by atoms with E-state index in [1.807, 2.05) is 19.1 Å². The summed E-state index contributed by atoms with van der Waals surface area (Å²) in [6, 6.07) is 21.2. The Bertz CT molecular complexity index is 704. The molecular weight excluding hydrogens is 324 g/mol. The molecule has 1 heterocycles. The van der Waals surface area contributed by atoms with Crippen molar-refractivity contribution in [3.05, 3.63) is 71.8 Å².